The molecule has 2 aromatic carbocycles. The quantitative estimate of drug-likeness (QED) is 0.407. The number of hydrazine groups is 1. The first-order chi connectivity index (χ1) is 17.5. The Kier molecular flexibility index (Phi) is 8.69. The molecule has 0 bridgehead atoms. The van der Waals surface area contributed by atoms with Gasteiger partial charge in [-0.2, -0.15) is 4.98 Å². The number of hydrogen-bond donors (Lipinski definition) is 2. The van der Waals surface area contributed by atoms with Crippen LogP contribution in [0.3, 0.4) is 0 Å². The van der Waals surface area contributed by atoms with E-state index in [9.17, 15) is 9.18 Å². The first-order valence-electron chi connectivity index (χ1n) is 11.9. The molecule has 2 heterocycles. The summed E-state index contributed by atoms with van der Waals surface area (Å²) in [6.07, 6.45) is 3.42. The molecule has 0 radical (unpaired) electrons. The third-order valence-electron chi connectivity index (χ3n) is 6.09. The topological polar surface area (TPSA) is 82.6 Å². The number of fused-ring (bicyclic) bond motifs is 1. The Bertz CT molecular complexity index is 1210. The number of nitrogens with one attached hydrogen (secondary N) is 2. The predicted molar refractivity (Wildman–Crippen MR) is 139 cm³/mol. The van der Waals surface area contributed by atoms with Crippen molar-refractivity contribution in [1.82, 2.24) is 19.9 Å². The van der Waals surface area contributed by atoms with E-state index in [1.54, 1.807) is 20.1 Å². The van der Waals surface area contributed by atoms with Crippen molar-refractivity contribution in [3.8, 4) is 0 Å². The van der Waals surface area contributed by atoms with Gasteiger partial charge < -0.3 is 15.0 Å². The van der Waals surface area contributed by atoms with E-state index in [4.69, 9.17) is 16.3 Å². The molecule has 190 valence electrons. The van der Waals surface area contributed by atoms with Gasteiger partial charge in [-0.25, -0.2) is 9.37 Å². The Hall–Kier alpha value is -3.27. The SMILES string of the molecule is CCN(Nc1nc(Nc2ccc3c(c2)CCN(CCOC)CC3)ncc1Cl)C(=O)c1cccc(F)c1. The zero-order chi connectivity index (χ0) is 25.5. The van der Waals surface area contributed by atoms with Crippen LogP contribution in [-0.4, -0.2) is 65.7 Å². The third-order valence-corrected chi connectivity index (χ3v) is 6.36. The molecule has 0 unspecified atom stereocenters. The number of methoxy groups -OCH3 is 1. The summed E-state index contributed by atoms with van der Waals surface area (Å²) in [7, 11) is 1.73. The van der Waals surface area contributed by atoms with Gasteiger partial charge >= 0.3 is 0 Å². The molecule has 8 nitrogen and oxygen atoms in total. The Balaban J connectivity index is 1.46. The molecule has 0 fully saturated rings. The fraction of sp³-hybridized carbons (Fsp3) is 0.346. The normalized spacial score (nSPS) is 13.6. The molecule has 1 aliphatic rings. The highest BCUT2D eigenvalue weighted by molar-refractivity contribution is 6.32. The van der Waals surface area contributed by atoms with Gasteiger partial charge in [0.05, 0.1) is 12.8 Å². The average molecular weight is 513 g/mol. The van der Waals surface area contributed by atoms with E-state index in [1.165, 1.54) is 40.5 Å². The number of amides is 1. The van der Waals surface area contributed by atoms with Crippen LogP contribution >= 0.6 is 11.6 Å². The second kappa shape index (κ2) is 12.1. The maximum Gasteiger partial charge on any atom is 0.272 e. The van der Waals surface area contributed by atoms with Crippen molar-refractivity contribution in [2.45, 2.75) is 19.8 Å². The number of benzene rings is 2. The minimum Gasteiger partial charge on any atom is -0.383 e. The van der Waals surface area contributed by atoms with Crippen LogP contribution in [0.4, 0.5) is 21.8 Å². The fourth-order valence-corrected chi connectivity index (χ4v) is 4.24. The highest BCUT2D eigenvalue weighted by Crippen LogP contribution is 2.25. The predicted octanol–water partition coefficient (Wildman–Crippen LogP) is 4.55. The van der Waals surface area contributed by atoms with Gasteiger partial charge in [0.1, 0.15) is 10.8 Å². The van der Waals surface area contributed by atoms with Gasteiger partial charge in [0, 0.05) is 44.5 Å². The standard InChI is InChI=1S/C26H30ClFN6O2/c1-3-34(25(35)20-5-4-6-21(28)15-20)32-24-23(27)17-29-26(31-24)30-22-8-7-18-9-11-33(13-14-36-2)12-10-19(18)16-22/h4-8,15-17H,3,9-14H2,1-2H3,(H2,29,30,31,32). The maximum atomic E-state index is 13.6. The van der Waals surface area contributed by atoms with Crippen molar-refractivity contribution in [2.24, 2.45) is 0 Å². The third kappa shape index (κ3) is 6.48. The lowest BCUT2D eigenvalue weighted by atomic mass is 10.0. The summed E-state index contributed by atoms with van der Waals surface area (Å²) in [5, 5.41) is 4.82. The summed E-state index contributed by atoms with van der Waals surface area (Å²) in [6, 6.07) is 11.8. The second-order valence-electron chi connectivity index (χ2n) is 8.50. The van der Waals surface area contributed by atoms with Crippen LogP contribution in [-0.2, 0) is 17.6 Å². The van der Waals surface area contributed by atoms with Crippen molar-refractivity contribution in [3.05, 3.63) is 76.2 Å². The lowest BCUT2D eigenvalue weighted by molar-refractivity contribution is 0.0799. The number of anilines is 3. The van der Waals surface area contributed by atoms with Gasteiger partial charge in [0.2, 0.25) is 5.95 Å². The Morgan fingerprint density at radius 1 is 1.19 bits per heavy atom. The number of hydrogen-bond acceptors (Lipinski definition) is 7. The van der Waals surface area contributed by atoms with Gasteiger partial charge in [-0.05, 0) is 61.2 Å². The summed E-state index contributed by atoms with van der Waals surface area (Å²) in [5.41, 5.74) is 6.67. The summed E-state index contributed by atoms with van der Waals surface area (Å²) < 4.78 is 18.8. The van der Waals surface area contributed by atoms with Gasteiger partial charge in [-0.15, -0.1) is 0 Å². The van der Waals surface area contributed by atoms with E-state index in [2.05, 4.69) is 37.7 Å². The van der Waals surface area contributed by atoms with E-state index in [1.807, 2.05) is 6.07 Å². The van der Waals surface area contributed by atoms with Crippen molar-refractivity contribution in [3.63, 3.8) is 0 Å². The molecular weight excluding hydrogens is 483 g/mol. The van der Waals surface area contributed by atoms with Crippen molar-refractivity contribution in [2.75, 3.05) is 50.6 Å². The minimum absolute atomic E-state index is 0.221. The Morgan fingerprint density at radius 3 is 2.75 bits per heavy atom. The maximum absolute atomic E-state index is 13.6. The number of carbonyl (C=O) groups is 1. The molecule has 1 amide bonds. The fourth-order valence-electron chi connectivity index (χ4n) is 4.11. The van der Waals surface area contributed by atoms with Crippen LogP contribution in [0.25, 0.3) is 0 Å². The lowest BCUT2D eigenvalue weighted by Gasteiger charge is -2.23. The number of nitrogens with zero attached hydrogens (tertiary/aromatic N) is 4. The van der Waals surface area contributed by atoms with Crippen LogP contribution in [0, 0.1) is 5.82 Å². The molecule has 0 saturated heterocycles. The summed E-state index contributed by atoms with van der Waals surface area (Å²) in [6.45, 7) is 5.77. The van der Waals surface area contributed by atoms with Gasteiger partial charge in [0.25, 0.3) is 5.91 Å². The largest absolute Gasteiger partial charge is 0.383 e. The number of carbonyl (C=O) groups excluding carboxylic acids is 1. The summed E-state index contributed by atoms with van der Waals surface area (Å²) in [5.74, 6) is -0.269. The van der Waals surface area contributed by atoms with E-state index in [0.29, 0.717) is 12.5 Å². The smallest absolute Gasteiger partial charge is 0.272 e. The van der Waals surface area contributed by atoms with Crippen LogP contribution < -0.4 is 10.7 Å². The molecule has 0 atom stereocenters. The minimum atomic E-state index is -0.480. The summed E-state index contributed by atoms with van der Waals surface area (Å²) >= 11 is 6.31. The van der Waals surface area contributed by atoms with Crippen LogP contribution in [0.15, 0.2) is 48.7 Å². The Morgan fingerprint density at radius 2 is 2.00 bits per heavy atom. The molecule has 0 aliphatic carbocycles. The second-order valence-corrected chi connectivity index (χ2v) is 8.91. The molecule has 1 aromatic heterocycles. The van der Waals surface area contributed by atoms with E-state index in [0.717, 1.165) is 44.8 Å². The van der Waals surface area contributed by atoms with Gasteiger partial charge in [0.15, 0.2) is 5.82 Å². The van der Waals surface area contributed by atoms with Crippen LogP contribution in [0.2, 0.25) is 5.02 Å². The molecule has 0 saturated carbocycles. The molecule has 2 N–H and O–H groups in total. The van der Waals surface area contributed by atoms with Crippen molar-refractivity contribution >= 4 is 35.0 Å². The number of aromatic nitrogens is 2. The number of ether oxygens (including phenoxy) is 1. The molecule has 1 aliphatic heterocycles. The van der Waals surface area contributed by atoms with E-state index < -0.39 is 11.7 Å². The molecule has 0 spiro atoms. The molecule has 3 aromatic rings. The average Bonchev–Trinajstić information content (AvgIpc) is 3.09. The Labute approximate surface area is 215 Å². The van der Waals surface area contributed by atoms with Crippen molar-refractivity contribution < 1.29 is 13.9 Å². The summed E-state index contributed by atoms with van der Waals surface area (Å²) in [4.78, 5) is 24.0. The van der Waals surface area contributed by atoms with Crippen molar-refractivity contribution in [1.29, 1.82) is 0 Å². The number of halogens is 2. The monoisotopic (exact) mass is 512 g/mol. The van der Waals surface area contributed by atoms with Gasteiger partial charge in [-0.3, -0.25) is 15.2 Å². The number of rotatable bonds is 9. The van der Waals surface area contributed by atoms with Crippen LogP contribution in [0.5, 0.6) is 0 Å². The molecule has 36 heavy (non-hydrogen) atoms. The highest BCUT2D eigenvalue weighted by atomic mass is 35.5. The zero-order valence-electron chi connectivity index (χ0n) is 20.4. The first-order valence-corrected chi connectivity index (χ1v) is 12.3. The molecular formula is C26H30ClFN6O2. The van der Waals surface area contributed by atoms with E-state index in [-0.39, 0.29) is 16.4 Å². The lowest BCUT2D eigenvalue weighted by Crippen LogP contribution is -2.36. The highest BCUT2D eigenvalue weighted by Gasteiger charge is 2.18. The van der Waals surface area contributed by atoms with E-state index >= 15 is 0 Å². The molecule has 4 rings (SSSR count). The first kappa shape index (κ1) is 25.8. The zero-order valence-corrected chi connectivity index (χ0v) is 21.2. The van der Waals surface area contributed by atoms with Crippen LogP contribution in [0.1, 0.15) is 28.4 Å². The molecule has 10 heteroatoms. The van der Waals surface area contributed by atoms with Gasteiger partial charge in [-0.1, -0.05) is 23.7 Å².